The predicted molar refractivity (Wildman–Crippen MR) is 91.1 cm³/mol. The molecule has 0 atom stereocenters. The number of nitrogens with one attached hydrogen (secondary N) is 1. The maximum atomic E-state index is 12.3. The van der Waals surface area contributed by atoms with Crippen LogP contribution < -0.4 is 14.8 Å². The fraction of sp³-hybridized carbons (Fsp3) is 0.111. The standard InChI is InChI=1S/C18H13ClN2O3/c19-14-3-1-2-4-15(14)21-18(22)13(11-20)9-12-5-6-16-17(10-12)24-8-7-23-16/h1-6,9-10H,7-8H2,(H,21,22)/b13-9+. The first-order chi connectivity index (χ1) is 11.7. The number of halogens is 1. The van der Waals surface area contributed by atoms with E-state index < -0.39 is 5.91 Å². The van der Waals surface area contributed by atoms with Gasteiger partial charge >= 0.3 is 0 Å². The molecule has 0 fully saturated rings. The summed E-state index contributed by atoms with van der Waals surface area (Å²) in [7, 11) is 0. The summed E-state index contributed by atoms with van der Waals surface area (Å²) in [5, 5.41) is 12.3. The van der Waals surface area contributed by atoms with Crippen molar-refractivity contribution in [3.05, 3.63) is 58.6 Å². The maximum Gasteiger partial charge on any atom is 0.266 e. The minimum Gasteiger partial charge on any atom is -0.486 e. The lowest BCUT2D eigenvalue weighted by molar-refractivity contribution is -0.112. The third kappa shape index (κ3) is 3.50. The molecule has 0 saturated carbocycles. The van der Waals surface area contributed by atoms with Crippen molar-refractivity contribution in [1.29, 1.82) is 5.26 Å². The molecule has 1 amide bonds. The first-order valence-electron chi connectivity index (χ1n) is 7.25. The van der Waals surface area contributed by atoms with Gasteiger partial charge in [0.15, 0.2) is 11.5 Å². The molecule has 1 aliphatic heterocycles. The molecule has 5 nitrogen and oxygen atoms in total. The fourth-order valence-corrected chi connectivity index (χ4v) is 2.40. The summed E-state index contributed by atoms with van der Waals surface area (Å²) in [6.07, 6.45) is 1.49. The first kappa shape index (κ1) is 15.9. The van der Waals surface area contributed by atoms with Crippen molar-refractivity contribution in [2.45, 2.75) is 0 Å². The molecule has 0 radical (unpaired) electrons. The molecule has 0 bridgehead atoms. The number of amides is 1. The predicted octanol–water partition coefficient (Wildman–Crippen LogP) is 3.66. The van der Waals surface area contributed by atoms with Gasteiger partial charge in [0.2, 0.25) is 0 Å². The van der Waals surface area contributed by atoms with Crippen LogP contribution in [0.2, 0.25) is 5.02 Å². The summed E-state index contributed by atoms with van der Waals surface area (Å²) in [6.45, 7) is 0.976. The second kappa shape index (κ2) is 7.07. The van der Waals surface area contributed by atoms with E-state index in [0.29, 0.717) is 41.0 Å². The van der Waals surface area contributed by atoms with E-state index in [2.05, 4.69) is 5.32 Å². The largest absolute Gasteiger partial charge is 0.486 e. The summed E-state index contributed by atoms with van der Waals surface area (Å²) >= 11 is 6.01. The number of anilines is 1. The van der Waals surface area contributed by atoms with E-state index in [-0.39, 0.29) is 5.57 Å². The van der Waals surface area contributed by atoms with Crippen LogP contribution in [0.25, 0.3) is 6.08 Å². The molecule has 2 aromatic rings. The highest BCUT2D eigenvalue weighted by molar-refractivity contribution is 6.34. The number of benzene rings is 2. The Morgan fingerprint density at radius 1 is 1.17 bits per heavy atom. The van der Waals surface area contributed by atoms with Crippen molar-refractivity contribution in [3.8, 4) is 17.6 Å². The van der Waals surface area contributed by atoms with Gasteiger partial charge in [0.25, 0.3) is 5.91 Å². The molecular formula is C18H13ClN2O3. The van der Waals surface area contributed by atoms with E-state index >= 15 is 0 Å². The fourth-order valence-electron chi connectivity index (χ4n) is 2.22. The molecule has 24 heavy (non-hydrogen) atoms. The van der Waals surface area contributed by atoms with Crippen molar-refractivity contribution in [3.63, 3.8) is 0 Å². The minimum atomic E-state index is -0.527. The van der Waals surface area contributed by atoms with Crippen LogP contribution in [0.15, 0.2) is 48.0 Å². The Balaban J connectivity index is 1.83. The number of nitriles is 1. The van der Waals surface area contributed by atoms with Crippen LogP contribution in [0.1, 0.15) is 5.56 Å². The van der Waals surface area contributed by atoms with Gasteiger partial charge in [0, 0.05) is 0 Å². The van der Waals surface area contributed by atoms with Crippen LogP contribution in [0.4, 0.5) is 5.69 Å². The number of para-hydroxylation sites is 1. The maximum absolute atomic E-state index is 12.3. The van der Waals surface area contributed by atoms with E-state index in [1.807, 2.05) is 6.07 Å². The second-order valence-corrected chi connectivity index (χ2v) is 5.41. The summed E-state index contributed by atoms with van der Waals surface area (Å²) < 4.78 is 10.9. The Bertz CT molecular complexity index is 856. The SMILES string of the molecule is N#C/C(=C\c1ccc2c(c1)OCCO2)C(=O)Nc1ccccc1Cl. The van der Waals surface area contributed by atoms with Crippen LogP contribution in [0.3, 0.4) is 0 Å². The molecule has 1 aliphatic rings. The van der Waals surface area contributed by atoms with Gasteiger partial charge in [-0.1, -0.05) is 29.8 Å². The lowest BCUT2D eigenvalue weighted by Gasteiger charge is -2.18. The Hall–Kier alpha value is -2.97. The molecule has 1 heterocycles. The molecule has 0 aliphatic carbocycles. The van der Waals surface area contributed by atoms with Gasteiger partial charge in [-0.05, 0) is 35.9 Å². The zero-order valence-corrected chi connectivity index (χ0v) is 13.3. The first-order valence-corrected chi connectivity index (χ1v) is 7.62. The number of carbonyl (C=O) groups is 1. The van der Waals surface area contributed by atoms with E-state index in [1.54, 1.807) is 42.5 Å². The Labute approximate surface area is 144 Å². The third-order valence-corrected chi connectivity index (χ3v) is 3.69. The van der Waals surface area contributed by atoms with E-state index in [4.69, 9.17) is 21.1 Å². The quantitative estimate of drug-likeness (QED) is 0.683. The molecule has 1 N–H and O–H groups in total. The third-order valence-electron chi connectivity index (χ3n) is 3.36. The highest BCUT2D eigenvalue weighted by Crippen LogP contribution is 2.31. The number of hydrogen-bond acceptors (Lipinski definition) is 4. The number of hydrogen-bond donors (Lipinski definition) is 1. The number of fused-ring (bicyclic) bond motifs is 1. The smallest absolute Gasteiger partial charge is 0.266 e. The second-order valence-electron chi connectivity index (χ2n) is 5.01. The number of nitrogens with zero attached hydrogens (tertiary/aromatic N) is 1. The molecule has 120 valence electrons. The van der Waals surface area contributed by atoms with Crippen LogP contribution in [-0.2, 0) is 4.79 Å². The normalized spacial score (nSPS) is 13.1. The summed E-state index contributed by atoms with van der Waals surface area (Å²) in [5.74, 6) is 0.719. The summed E-state index contributed by atoms with van der Waals surface area (Å²) in [5.41, 5.74) is 1.09. The lowest BCUT2D eigenvalue weighted by atomic mass is 10.1. The van der Waals surface area contributed by atoms with Gasteiger partial charge in [-0.3, -0.25) is 4.79 Å². The van der Waals surface area contributed by atoms with Crippen molar-refractivity contribution in [1.82, 2.24) is 0 Å². The summed E-state index contributed by atoms with van der Waals surface area (Å²) in [4.78, 5) is 12.3. The molecule has 6 heteroatoms. The van der Waals surface area contributed by atoms with Crippen LogP contribution in [-0.4, -0.2) is 19.1 Å². The van der Waals surface area contributed by atoms with E-state index in [9.17, 15) is 10.1 Å². The zero-order chi connectivity index (χ0) is 16.9. The Morgan fingerprint density at radius 2 is 1.92 bits per heavy atom. The Kier molecular flexibility index (Phi) is 4.69. The molecule has 3 rings (SSSR count). The number of ether oxygens (including phenoxy) is 2. The highest BCUT2D eigenvalue weighted by atomic mass is 35.5. The Morgan fingerprint density at radius 3 is 2.67 bits per heavy atom. The van der Waals surface area contributed by atoms with Crippen molar-refractivity contribution in [2.75, 3.05) is 18.5 Å². The van der Waals surface area contributed by atoms with Crippen LogP contribution in [0.5, 0.6) is 11.5 Å². The van der Waals surface area contributed by atoms with Gasteiger partial charge < -0.3 is 14.8 Å². The zero-order valence-electron chi connectivity index (χ0n) is 12.6. The molecule has 0 saturated heterocycles. The van der Waals surface area contributed by atoms with Crippen LogP contribution in [0, 0.1) is 11.3 Å². The van der Waals surface area contributed by atoms with Crippen LogP contribution >= 0.6 is 11.6 Å². The van der Waals surface area contributed by atoms with Crippen molar-refractivity contribution < 1.29 is 14.3 Å². The average molecular weight is 341 g/mol. The topological polar surface area (TPSA) is 71.3 Å². The average Bonchev–Trinajstić information content (AvgIpc) is 2.61. The highest BCUT2D eigenvalue weighted by Gasteiger charge is 2.14. The molecule has 0 spiro atoms. The molecular weight excluding hydrogens is 328 g/mol. The van der Waals surface area contributed by atoms with Gasteiger partial charge in [-0.15, -0.1) is 0 Å². The minimum absolute atomic E-state index is 0.0356. The van der Waals surface area contributed by atoms with Crippen molar-refractivity contribution >= 4 is 29.3 Å². The molecule has 2 aromatic carbocycles. The monoisotopic (exact) mass is 340 g/mol. The summed E-state index contributed by atoms with van der Waals surface area (Å²) in [6, 6.07) is 14.0. The van der Waals surface area contributed by atoms with Gasteiger partial charge in [-0.25, -0.2) is 0 Å². The molecule has 0 aromatic heterocycles. The van der Waals surface area contributed by atoms with Gasteiger partial charge in [-0.2, -0.15) is 5.26 Å². The number of rotatable bonds is 3. The van der Waals surface area contributed by atoms with Gasteiger partial charge in [0.05, 0.1) is 10.7 Å². The van der Waals surface area contributed by atoms with E-state index in [0.717, 1.165) is 0 Å². The van der Waals surface area contributed by atoms with Gasteiger partial charge in [0.1, 0.15) is 24.9 Å². The van der Waals surface area contributed by atoms with Crippen molar-refractivity contribution in [2.24, 2.45) is 0 Å². The lowest BCUT2D eigenvalue weighted by Crippen LogP contribution is -2.15. The number of carbonyl (C=O) groups excluding carboxylic acids is 1. The van der Waals surface area contributed by atoms with E-state index in [1.165, 1.54) is 6.08 Å². The molecule has 0 unspecified atom stereocenters.